The van der Waals surface area contributed by atoms with Crippen LogP contribution in [0.25, 0.3) is 5.69 Å². The first kappa shape index (κ1) is 13.3. The lowest BCUT2D eigenvalue weighted by molar-refractivity contribution is 0.299. The first-order chi connectivity index (χ1) is 8.54. The minimum Gasteiger partial charge on any atom is -0.396 e. The topological polar surface area (TPSA) is 38.0 Å². The van der Waals surface area contributed by atoms with Gasteiger partial charge in [0.1, 0.15) is 4.60 Å². The molecule has 2 aromatic rings. The monoisotopic (exact) mass is 308 g/mol. The zero-order chi connectivity index (χ0) is 13.3. The second-order valence-corrected chi connectivity index (χ2v) is 5.26. The molecule has 4 heteroatoms. The molecular weight excluding hydrogens is 292 g/mol. The van der Waals surface area contributed by atoms with Crippen molar-refractivity contribution in [2.45, 2.75) is 27.2 Å². The lowest BCUT2D eigenvalue weighted by Crippen LogP contribution is -1.98. The summed E-state index contributed by atoms with van der Waals surface area (Å²) >= 11 is 3.57. The van der Waals surface area contributed by atoms with Crippen molar-refractivity contribution in [1.29, 1.82) is 0 Å². The molecule has 1 heterocycles. The van der Waals surface area contributed by atoms with Crippen molar-refractivity contribution in [2.24, 2.45) is 0 Å². The van der Waals surface area contributed by atoms with Crippen LogP contribution in [-0.4, -0.2) is 21.5 Å². The number of benzene rings is 1. The summed E-state index contributed by atoms with van der Waals surface area (Å²) in [5.74, 6) is 0. The molecule has 0 aliphatic carbocycles. The molecule has 0 radical (unpaired) electrons. The van der Waals surface area contributed by atoms with Crippen LogP contribution in [0, 0.1) is 20.8 Å². The summed E-state index contributed by atoms with van der Waals surface area (Å²) in [4.78, 5) is 0. The average Bonchev–Trinajstić information content (AvgIpc) is 2.61. The van der Waals surface area contributed by atoms with Crippen LogP contribution in [0.5, 0.6) is 0 Å². The summed E-state index contributed by atoms with van der Waals surface area (Å²) < 4.78 is 2.81. The predicted octanol–water partition coefficient (Wildman–Crippen LogP) is 3.09. The summed E-state index contributed by atoms with van der Waals surface area (Å²) in [6.07, 6.45) is 0.622. The third kappa shape index (κ3) is 2.35. The van der Waals surface area contributed by atoms with Crippen LogP contribution in [0.3, 0.4) is 0 Å². The quantitative estimate of drug-likeness (QED) is 0.946. The molecule has 0 saturated carbocycles. The Labute approximate surface area is 116 Å². The molecule has 0 bridgehead atoms. The highest BCUT2D eigenvalue weighted by Crippen LogP contribution is 2.25. The second-order valence-electron chi connectivity index (χ2n) is 4.51. The first-order valence-corrected chi connectivity index (χ1v) is 6.76. The number of nitrogens with zero attached hydrogens (tertiary/aromatic N) is 2. The van der Waals surface area contributed by atoms with Crippen molar-refractivity contribution < 1.29 is 5.11 Å². The van der Waals surface area contributed by atoms with E-state index in [9.17, 15) is 0 Å². The molecular formula is C14H17BrN2O. The average molecular weight is 309 g/mol. The third-order valence-electron chi connectivity index (χ3n) is 3.22. The molecule has 18 heavy (non-hydrogen) atoms. The number of aryl methyl sites for hydroxylation is 3. The molecule has 3 nitrogen and oxygen atoms in total. The number of aliphatic hydroxyl groups excluding tert-OH is 1. The Morgan fingerprint density at radius 3 is 2.56 bits per heavy atom. The molecule has 0 aliphatic rings. The van der Waals surface area contributed by atoms with Gasteiger partial charge in [0.25, 0.3) is 0 Å². The van der Waals surface area contributed by atoms with Crippen LogP contribution in [0.1, 0.15) is 22.4 Å². The molecule has 0 atom stereocenters. The van der Waals surface area contributed by atoms with E-state index in [1.54, 1.807) is 0 Å². The lowest BCUT2D eigenvalue weighted by atomic mass is 10.1. The van der Waals surface area contributed by atoms with Crippen molar-refractivity contribution in [1.82, 2.24) is 9.78 Å². The van der Waals surface area contributed by atoms with E-state index in [1.807, 2.05) is 11.6 Å². The molecule has 1 N–H and O–H groups in total. The van der Waals surface area contributed by atoms with Crippen LogP contribution >= 0.6 is 15.9 Å². The van der Waals surface area contributed by atoms with Crippen molar-refractivity contribution in [3.8, 4) is 5.69 Å². The lowest BCUT2D eigenvalue weighted by Gasteiger charge is -2.07. The fraction of sp³-hybridized carbons (Fsp3) is 0.357. The molecule has 0 saturated heterocycles. The predicted molar refractivity (Wildman–Crippen MR) is 76.3 cm³/mol. The zero-order valence-corrected chi connectivity index (χ0v) is 12.5. The molecule has 96 valence electrons. The van der Waals surface area contributed by atoms with Crippen molar-refractivity contribution in [2.75, 3.05) is 6.61 Å². The Balaban J connectivity index is 2.50. The SMILES string of the molecule is Cc1ccc(-n2nc(C)c(CCO)c2Br)cc1C. The fourth-order valence-corrected chi connectivity index (χ4v) is 2.72. The number of aliphatic hydroxyl groups is 1. The molecule has 1 aromatic carbocycles. The molecule has 0 aliphatic heterocycles. The van der Waals surface area contributed by atoms with Crippen LogP contribution in [0.2, 0.25) is 0 Å². The Bertz CT molecular complexity index is 575. The highest BCUT2D eigenvalue weighted by molar-refractivity contribution is 9.10. The van der Waals surface area contributed by atoms with Crippen molar-refractivity contribution >= 4 is 15.9 Å². The van der Waals surface area contributed by atoms with Crippen molar-refractivity contribution in [3.05, 3.63) is 45.2 Å². The van der Waals surface area contributed by atoms with E-state index in [-0.39, 0.29) is 6.61 Å². The summed E-state index contributed by atoms with van der Waals surface area (Å²) in [6.45, 7) is 6.29. The maximum atomic E-state index is 9.07. The first-order valence-electron chi connectivity index (χ1n) is 5.97. The Morgan fingerprint density at radius 1 is 1.22 bits per heavy atom. The van der Waals surface area contributed by atoms with Gasteiger partial charge in [0.2, 0.25) is 0 Å². The molecule has 2 rings (SSSR count). The number of halogens is 1. The van der Waals surface area contributed by atoms with E-state index in [1.165, 1.54) is 11.1 Å². The smallest absolute Gasteiger partial charge is 0.113 e. The Kier molecular flexibility index (Phi) is 3.88. The molecule has 0 fully saturated rings. The van der Waals surface area contributed by atoms with Gasteiger partial charge >= 0.3 is 0 Å². The van der Waals surface area contributed by atoms with E-state index >= 15 is 0 Å². The summed E-state index contributed by atoms with van der Waals surface area (Å²) in [6, 6.07) is 6.28. The fourth-order valence-electron chi connectivity index (χ4n) is 1.96. The molecule has 0 unspecified atom stereocenters. The highest BCUT2D eigenvalue weighted by Gasteiger charge is 2.13. The minimum atomic E-state index is 0.137. The van der Waals surface area contributed by atoms with Crippen LogP contribution in [-0.2, 0) is 6.42 Å². The van der Waals surface area contributed by atoms with Gasteiger partial charge in [-0.05, 0) is 60.0 Å². The number of aromatic nitrogens is 2. The van der Waals surface area contributed by atoms with Gasteiger partial charge in [-0.25, -0.2) is 4.68 Å². The summed E-state index contributed by atoms with van der Waals surface area (Å²) in [7, 11) is 0. The normalized spacial score (nSPS) is 10.9. The second kappa shape index (κ2) is 5.24. The van der Waals surface area contributed by atoms with Crippen LogP contribution in [0.4, 0.5) is 0 Å². The van der Waals surface area contributed by atoms with Gasteiger partial charge in [-0.2, -0.15) is 5.10 Å². The van der Waals surface area contributed by atoms with Gasteiger partial charge in [-0.15, -0.1) is 0 Å². The van der Waals surface area contributed by atoms with E-state index in [0.29, 0.717) is 6.42 Å². The van der Waals surface area contributed by atoms with Gasteiger partial charge < -0.3 is 5.11 Å². The molecule has 0 spiro atoms. The molecule has 1 aromatic heterocycles. The summed E-state index contributed by atoms with van der Waals surface area (Å²) in [5, 5.41) is 13.6. The maximum Gasteiger partial charge on any atom is 0.113 e. The highest BCUT2D eigenvalue weighted by atomic mass is 79.9. The van der Waals surface area contributed by atoms with Gasteiger partial charge in [-0.1, -0.05) is 6.07 Å². The zero-order valence-electron chi connectivity index (χ0n) is 10.9. The van der Waals surface area contributed by atoms with Crippen LogP contribution < -0.4 is 0 Å². The van der Waals surface area contributed by atoms with Crippen LogP contribution in [0.15, 0.2) is 22.8 Å². The van der Waals surface area contributed by atoms with E-state index in [0.717, 1.165) is 21.5 Å². The van der Waals surface area contributed by atoms with E-state index < -0.39 is 0 Å². The Morgan fingerprint density at radius 2 is 1.94 bits per heavy atom. The van der Waals surface area contributed by atoms with Gasteiger partial charge in [0.15, 0.2) is 0 Å². The van der Waals surface area contributed by atoms with Gasteiger partial charge in [0.05, 0.1) is 11.4 Å². The maximum absolute atomic E-state index is 9.07. The number of hydrogen-bond acceptors (Lipinski definition) is 2. The number of hydrogen-bond donors (Lipinski definition) is 1. The Hall–Kier alpha value is -1.13. The van der Waals surface area contributed by atoms with Gasteiger partial charge in [0, 0.05) is 18.6 Å². The van der Waals surface area contributed by atoms with E-state index in [4.69, 9.17) is 5.11 Å². The van der Waals surface area contributed by atoms with Gasteiger partial charge in [-0.3, -0.25) is 0 Å². The molecule has 0 amide bonds. The standard InChI is InChI=1S/C14H17BrN2O/c1-9-4-5-12(8-10(9)2)17-14(15)13(6-7-18)11(3)16-17/h4-5,8,18H,6-7H2,1-3H3. The minimum absolute atomic E-state index is 0.137. The summed E-state index contributed by atoms with van der Waals surface area (Å²) in [5.41, 5.74) is 5.58. The number of rotatable bonds is 3. The van der Waals surface area contributed by atoms with Crippen molar-refractivity contribution in [3.63, 3.8) is 0 Å². The largest absolute Gasteiger partial charge is 0.396 e. The van der Waals surface area contributed by atoms with E-state index in [2.05, 4.69) is 53.1 Å². The third-order valence-corrected chi connectivity index (χ3v) is 4.03.